The van der Waals surface area contributed by atoms with Crippen molar-refractivity contribution in [2.75, 3.05) is 0 Å². The molecule has 0 heterocycles. The molecule has 0 fully saturated rings. The normalized spacial score (nSPS) is 14.1. The summed E-state index contributed by atoms with van der Waals surface area (Å²) in [6.07, 6.45) is 3.17. The maximum absolute atomic E-state index is 12.5. The van der Waals surface area contributed by atoms with E-state index in [9.17, 15) is 4.57 Å². The molecule has 0 rings (SSSR count). The molecule has 1 nitrogen and oxygen atoms in total. The third-order valence-electron chi connectivity index (χ3n) is 2.07. The van der Waals surface area contributed by atoms with Gasteiger partial charge in [-0.25, -0.2) is 0 Å². The van der Waals surface area contributed by atoms with Gasteiger partial charge in [-0.3, -0.25) is 0 Å². The second kappa shape index (κ2) is 3.17. The maximum Gasteiger partial charge on any atom is 0.127 e. The van der Waals surface area contributed by atoms with E-state index < -0.39 is 21.7 Å². The van der Waals surface area contributed by atoms with Crippen molar-refractivity contribution in [2.24, 2.45) is 0 Å². The van der Waals surface area contributed by atoms with E-state index in [4.69, 9.17) is 6.42 Å². The first-order valence-corrected chi connectivity index (χ1v) is 14.5. The Kier molecular flexibility index (Phi) is 3.23. The number of hydrogen-bond donors (Lipinski definition) is 0. The highest BCUT2D eigenvalue weighted by molar-refractivity contribution is 8.25. The Morgan fingerprint density at radius 3 is 1.25 bits per heavy atom. The first kappa shape index (κ1) is 12.2. The Morgan fingerprint density at radius 1 is 1.00 bits per heavy atom. The van der Waals surface area contributed by atoms with Crippen molar-refractivity contribution in [1.82, 2.24) is 0 Å². The van der Waals surface area contributed by atoms with Crippen LogP contribution in [0.1, 0.15) is 0 Å². The summed E-state index contributed by atoms with van der Waals surface area (Å²) < 4.78 is 12.5. The molecule has 70 valence electrons. The van der Waals surface area contributed by atoms with Crippen LogP contribution in [0, 0.1) is 12.1 Å². The zero-order chi connectivity index (χ0) is 10.2. The third kappa shape index (κ3) is 1.93. The first-order valence-electron chi connectivity index (χ1n) is 4.14. The molecule has 12 heavy (non-hydrogen) atoms. The van der Waals surface area contributed by atoms with Gasteiger partial charge in [0.1, 0.15) is 21.7 Å². The molecule has 0 aliphatic carbocycles. The maximum atomic E-state index is 12.5. The minimum atomic E-state index is -2.26. The molecule has 0 spiro atoms. The van der Waals surface area contributed by atoms with Gasteiger partial charge in [0.25, 0.3) is 0 Å². The van der Waals surface area contributed by atoms with E-state index in [-0.39, 0.29) is 0 Å². The van der Waals surface area contributed by atoms with Gasteiger partial charge in [-0.1, -0.05) is 39.3 Å². The average molecular weight is 218 g/mol. The van der Waals surface area contributed by atoms with E-state index in [2.05, 4.69) is 44.9 Å². The van der Waals surface area contributed by atoms with Crippen molar-refractivity contribution in [3.05, 3.63) is 0 Å². The Hall–Kier alpha value is 0.224. The molecule has 4 heteroatoms. The SMILES string of the molecule is C#CP(=O)([Si](C)(C)C)[Si](C)(C)C. The van der Waals surface area contributed by atoms with Crippen LogP contribution in [-0.4, -0.2) is 15.5 Å². The average Bonchev–Trinajstić information content (AvgIpc) is 1.81. The standard InChI is InChI=1S/C8H19OPSi2/c1-8-10(9,11(2,3)4)12(5,6)7/h1H,2-7H3. The van der Waals surface area contributed by atoms with E-state index in [1.54, 1.807) is 0 Å². The van der Waals surface area contributed by atoms with Gasteiger partial charge in [0.15, 0.2) is 0 Å². The summed E-state index contributed by atoms with van der Waals surface area (Å²) in [4.78, 5) is 0. The van der Waals surface area contributed by atoms with Crippen LogP contribution >= 0.6 is 6.24 Å². The summed E-state index contributed by atoms with van der Waals surface area (Å²) in [5.41, 5.74) is 2.64. The van der Waals surface area contributed by atoms with Gasteiger partial charge in [0.05, 0.1) is 0 Å². The molecule has 0 aromatic carbocycles. The van der Waals surface area contributed by atoms with Crippen molar-refractivity contribution >= 4 is 21.7 Å². The lowest BCUT2D eigenvalue weighted by atomic mass is 11.4. The van der Waals surface area contributed by atoms with E-state index in [0.717, 1.165) is 0 Å². The van der Waals surface area contributed by atoms with Gasteiger partial charge in [-0.15, -0.1) is 6.42 Å². The highest BCUT2D eigenvalue weighted by Crippen LogP contribution is 2.61. The zero-order valence-electron chi connectivity index (χ0n) is 8.93. The van der Waals surface area contributed by atoms with Crippen molar-refractivity contribution in [2.45, 2.75) is 39.3 Å². The van der Waals surface area contributed by atoms with Crippen LogP contribution < -0.4 is 0 Å². The van der Waals surface area contributed by atoms with Crippen LogP contribution in [0.15, 0.2) is 0 Å². The van der Waals surface area contributed by atoms with Crippen LogP contribution in [0.3, 0.4) is 0 Å². The molecule has 0 aromatic rings. The number of hydrogen-bond acceptors (Lipinski definition) is 1. The van der Waals surface area contributed by atoms with Crippen LogP contribution in [-0.2, 0) is 4.57 Å². The lowest BCUT2D eigenvalue weighted by molar-refractivity contribution is 0.595. The largest absolute Gasteiger partial charge is 0.321 e. The van der Waals surface area contributed by atoms with E-state index in [0.29, 0.717) is 0 Å². The summed E-state index contributed by atoms with van der Waals surface area (Å²) in [6.45, 7) is 12.7. The van der Waals surface area contributed by atoms with Gasteiger partial charge in [0.2, 0.25) is 0 Å². The Bertz CT molecular complexity index is 234. The van der Waals surface area contributed by atoms with E-state index in [1.165, 1.54) is 0 Å². The van der Waals surface area contributed by atoms with Gasteiger partial charge in [-0.2, -0.15) is 0 Å². The molecule has 0 unspecified atom stereocenters. The highest BCUT2D eigenvalue weighted by Gasteiger charge is 2.47. The summed E-state index contributed by atoms with van der Waals surface area (Å²) in [6, 6.07) is 0. The molecule has 0 radical (unpaired) electrons. The first-order chi connectivity index (χ1) is 5.06. The molecular weight excluding hydrogens is 199 g/mol. The molecule has 0 N–H and O–H groups in total. The van der Waals surface area contributed by atoms with E-state index >= 15 is 0 Å². The zero-order valence-corrected chi connectivity index (χ0v) is 11.8. The van der Waals surface area contributed by atoms with E-state index in [1.807, 2.05) is 0 Å². The smallest absolute Gasteiger partial charge is 0.127 e. The summed E-state index contributed by atoms with van der Waals surface area (Å²) in [7, 11) is -3.33. The van der Waals surface area contributed by atoms with Gasteiger partial charge in [-0.05, 0) is 5.66 Å². The molecule has 0 amide bonds. The second-order valence-corrected chi connectivity index (χ2v) is 28.4. The fraction of sp³-hybridized carbons (Fsp3) is 0.750. The molecule has 0 saturated heterocycles. The lowest BCUT2D eigenvalue weighted by Gasteiger charge is -2.34. The predicted molar refractivity (Wildman–Crippen MR) is 63.1 cm³/mol. The topological polar surface area (TPSA) is 17.1 Å². The van der Waals surface area contributed by atoms with Gasteiger partial charge < -0.3 is 4.57 Å². The molecule has 0 aliphatic rings. The summed E-state index contributed by atoms with van der Waals surface area (Å²) in [5.74, 6) is 0. The Labute approximate surface area is 78.0 Å². The molecule has 0 bridgehead atoms. The van der Waals surface area contributed by atoms with Gasteiger partial charge in [0, 0.05) is 0 Å². The fourth-order valence-corrected chi connectivity index (χ4v) is 30.7. The van der Waals surface area contributed by atoms with Gasteiger partial charge >= 0.3 is 0 Å². The summed E-state index contributed by atoms with van der Waals surface area (Å²) in [5, 5.41) is 0. The Balaban J connectivity index is 5.31. The number of rotatable bonds is 2. The van der Waals surface area contributed by atoms with Crippen molar-refractivity contribution < 1.29 is 4.57 Å². The van der Waals surface area contributed by atoms with Crippen molar-refractivity contribution in [1.29, 1.82) is 0 Å². The molecule has 0 saturated carbocycles. The monoisotopic (exact) mass is 218 g/mol. The van der Waals surface area contributed by atoms with Crippen LogP contribution in [0.2, 0.25) is 39.3 Å². The van der Waals surface area contributed by atoms with Crippen molar-refractivity contribution in [3.8, 4) is 12.1 Å². The quantitative estimate of drug-likeness (QED) is 0.393. The van der Waals surface area contributed by atoms with Crippen LogP contribution in [0.5, 0.6) is 0 Å². The molecule has 0 aliphatic heterocycles. The predicted octanol–water partition coefficient (Wildman–Crippen LogP) is 3.61. The molecule has 0 atom stereocenters. The molecular formula is C8H19OPSi2. The Morgan fingerprint density at radius 2 is 1.25 bits per heavy atom. The highest BCUT2D eigenvalue weighted by atomic mass is 31.6. The fourth-order valence-electron chi connectivity index (χ4n) is 1.39. The third-order valence-corrected chi connectivity index (χ3v) is 30.4. The van der Waals surface area contributed by atoms with Crippen molar-refractivity contribution in [3.63, 3.8) is 0 Å². The van der Waals surface area contributed by atoms with Crippen LogP contribution in [0.25, 0.3) is 0 Å². The number of terminal acetylenes is 1. The second-order valence-electron chi connectivity index (χ2n) is 5.08. The lowest BCUT2D eigenvalue weighted by Crippen LogP contribution is -2.34. The molecule has 0 aromatic heterocycles. The minimum absolute atomic E-state index is 1.67. The minimum Gasteiger partial charge on any atom is -0.321 e. The summed E-state index contributed by atoms with van der Waals surface area (Å²) >= 11 is 0. The van der Waals surface area contributed by atoms with Crippen LogP contribution in [0.4, 0.5) is 0 Å².